The molecule has 3 rings (SSSR count). The molecule has 1 aromatic rings. The highest BCUT2D eigenvalue weighted by Crippen LogP contribution is 2.21. The Kier molecular flexibility index (Phi) is 8.64. The Morgan fingerprint density at radius 2 is 1.91 bits per heavy atom. The van der Waals surface area contributed by atoms with Crippen LogP contribution in [-0.4, -0.2) is 88.0 Å². The van der Waals surface area contributed by atoms with Gasteiger partial charge in [0, 0.05) is 44.3 Å². The third kappa shape index (κ3) is 5.86. The molecular formula is C22H34N4O5S. The Hall–Kier alpha value is -2.01. The zero-order valence-electron chi connectivity index (χ0n) is 18.9. The minimum atomic E-state index is -3.85. The van der Waals surface area contributed by atoms with Crippen LogP contribution < -0.4 is 10.6 Å². The van der Waals surface area contributed by atoms with E-state index in [1.54, 1.807) is 12.1 Å². The van der Waals surface area contributed by atoms with Gasteiger partial charge in [-0.1, -0.05) is 32.8 Å². The van der Waals surface area contributed by atoms with Crippen LogP contribution in [0.25, 0.3) is 0 Å². The van der Waals surface area contributed by atoms with Gasteiger partial charge in [-0.3, -0.25) is 14.5 Å². The molecule has 178 valence electrons. The first-order chi connectivity index (χ1) is 15.4. The largest absolute Gasteiger partial charge is 0.379 e. The van der Waals surface area contributed by atoms with Crippen molar-refractivity contribution in [3.8, 4) is 0 Å². The fraction of sp³-hybridized carbons (Fsp3) is 0.636. The second-order valence-electron chi connectivity index (χ2n) is 8.22. The highest BCUT2D eigenvalue weighted by molar-refractivity contribution is 7.89. The predicted octanol–water partition coefficient (Wildman–Crippen LogP) is 0.674. The van der Waals surface area contributed by atoms with E-state index in [-0.39, 0.29) is 47.9 Å². The van der Waals surface area contributed by atoms with Crippen LogP contribution in [0.4, 0.5) is 0 Å². The second-order valence-corrected chi connectivity index (χ2v) is 10.2. The van der Waals surface area contributed by atoms with Crippen molar-refractivity contribution in [1.82, 2.24) is 19.8 Å². The summed E-state index contributed by atoms with van der Waals surface area (Å²) in [7, 11) is -3.85. The molecule has 0 bridgehead atoms. The number of nitrogens with one attached hydrogen (secondary N) is 2. The van der Waals surface area contributed by atoms with Gasteiger partial charge >= 0.3 is 0 Å². The van der Waals surface area contributed by atoms with E-state index in [9.17, 15) is 18.0 Å². The topological polar surface area (TPSA) is 108 Å². The molecule has 10 heteroatoms. The monoisotopic (exact) mass is 466 g/mol. The lowest BCUT2D eigenvalue weighted by atomic mass is 9.92. The van der Waals surface area contributed by atoms with Gasteiger partial charge in [0.05, 0.1) is 24.7 Å². The zero-order valence-corrected chi connectivity index (χ0v) is 19.7. The van der Waals surface area contributed by atoms with Crippen molar-refractivity contribution < 1.29 is 22.7 Å². The zero-order chi connectivity index (χ0) is 23.1. The van der Waals surface area contributed by atoms with E-state index in [1.807, 2.05) is 0 Å². The summed E-state index contributed by atoms with van der Waals surface area (Å²) in [5.41, 5.74) is 0.290. The molecule has 0 spiro atoms. The summed E-state index contributed by atoms with van der Waals surface area (Å²) < 4.78 is 32.5. The SMILES string of the molecule is CCC(CC)C(CNC(=O)c1cccc(S(=O)(=O)N2CCNC(=O)C2)c1)N1CCOCC1. The second kappa shape index (κ2) is 11.2. The Bertz CT molecular complexity index is 897. The molecule has 1 atom stereocenters. The molecule has 2 aliphatic rings. The Labute approximate surface area is 190 Å². The van der Waals surface area contributed by atoms with E-state index in [2.05, 4.69) is 29.4 Å². The molecule has 9 nitrogen and oxygen atoms in total. The molecular weight excluding hydrogens is 432 g/mol. The number of piperazine rings is 1. The average molecular weight is 467 g/mol. The van der Waals surface area contributed by atoms with Crippen LogP contribution in [0.3, 0.4) is 0 Å². The van der Waals surface area contributed by atoms with E-state index < -0.39 is 10.0 Å². The number of hydrogen-bond acceptors (Lipinski definition) is 6. The number of sulfonamides is 1. The number of rotatable bonds is 9. The molecule has 2 amide bonds. The summed E-state index contributed by atoms with van der Waals surface area (Å²) >= 11 is 0. The van der Waals surface area contributed by atoms with E-state index >= 15 is 0 Å². The Morgan fingerprint density at radius 1 is 1.19 bits per heavy atom. The van der Waals surface area contributed by atoms with E-state index in [0.29, 0.717) is 25.7 Å². The summed E-state index contributed by atoms with van der Waals surface area (Å²) in [6.45, 7) is 8.17. The summed E-state index contributed by atoms with van der Waals surface area (Å²) in [6, 6.07) is 6.22. The normalized spacial score (nSPS) is 19.5. The first-order valence-corrected chi connectivity index (χ1v) is 12.8. The maximum atomic E-state index is 12.9. The standard InChI is InChI=1S/C22H34N4O5S/c1-3-17(4-2)20(25-10-12-31-13-11-25)15-24-22(28)18-6-5-7-19(14-18)32(29,30)26-9-8-23-21(27)16-26/h5-7,14,17,20H,3-4,8-13,15-16H2,1-2H3,(H,23,27)(H,24,28). The van der Waals surface area contributed by atoms with Crippen LogP contribution in [-0.2, 0) is 19.6 Å². The number of nitrogens with zero attached hydrogens (tertiary/aromatic N) is 2. The van der Waals surface area contributed by atoms with Gasteiger partial charge in [-0.25, -0.2) is 8.42 Å². The molecule has 0 aromatic heterocycles. The minimum absolute atomic E-state index is 0.0181. The smallest absolute Gasteiger partial charge is 0.251 e. The molecule has 0 aliphatic carbocycles. The van der Waals surface area contributed by atoms with Gasteiger partial charge in [0.15, 0.2) is 0 Å². The third-order valence-corrected chi connectivity index (χ3v) is 8.16. The number of carbonyl (C=O) groups is 2. The summed E-state index contributed by atoms with van der Waals surface area (Å²) in [4.78, 5) is 26.9. The summed E-state index contributed by atoms with van der Waals surface area (Å²) in [5, 5.41) is 5.63. The van der Waals surface area contributed by atoms with Crippen molar-refractivity contribution >= 4 is 21.8 Å². The molecule has 1 aromatic carbocycles. The first kappa shape index (κ1) is 24.6. The van der Waals surface area contributed by atoms with Crippen LogP contribution in [0.15, 0.2) is 29.2 Å². The van der Waals surface area contributed by atoms with Gasteiger partial charge < -0.3 is 15.4 Å². The number of benzene rings is 1. The fourth-order valence-electron chi connectivity index (χ4n) is 4.40. The van der Waals surface area contributed by atoms with Crippen molar-refractivity contribution in [2.75, 3.05) is 52.5 Å². The molecule has 0 saturated carbocycles. The lowest BCUT2D eigenvalue weighted by Crippen LogP contribution is -2.52. The van der Waals surface area contributed by atoms with Gasteiger partial charge in [-0.15, -0.1) is 0 Å². The molecule has 2 heterocycles. The average Bonchev–Trinajstić information content (AvgIpc) is 2.82. The van der Waals surface area contributed by atoms with Gasteiger partial charge in [-0.05, 0) is 24.1 Å². The van der Waals surface area contributed by atoms with Gasteiger partial charge in [0.2, 0.25) is 15.9 Å². The van der Waals surface area contributed by atoms with Crippen LogP contribution in [0.1, 0.15) is 37.0 Å². The molecule has 2 N–H and O–H groups in total. The van der Waals surface area contributed by atoms with Crippen LogP contribution >= 0.6 is 0 Å². The third-order valence-electron chi connectivity index (χ3n) is 6.32. The highest BCUT2D eigenvalue weighted by atomic mass is 32.2. The van der Waals surface area contributed by atoms with Crippen molar-refractivity contribution in [3.63, 3.8) is 0 Å². The molecule has 2 aliphatic heterocycles. The van der Waals surface area contributed by atoms with E-state index in [0.717, 1.165) is 30.2 Å². The molecule has 2 saturated heterocycles. The first-order valence-electron chi connectivity index (χ1n) is 11.3. The summed E-state index contributed by atoms with van der Waals surface area (Å²) in [6.07, 6.45) is 2.04. The molecule has 1 unspecified atom stereocenters. The minimum Gasteiger partial charge on any atom is -0.379 e. The number of hydrogen-bond donors (Lipinski definition) is 2. The number of amides is 2. The van der Waals surface area contributed by atoms with Gasteiger partial charge in [0.25, 0.3) is 5.91 Å². The van der Waals surface area contributed by atoms with Crippen LogP contribution in [0.2, 0.25) is 0 Å². The maximum absolute atomic E-state index is 12.9. The molecule has 2 fully saturated rings. The van der Waals surface area contributed by atoms with E-state index in [1.165, 1.54) is 12.1 Å². The molecule has 32 heavy (non-hydrogen) atoms. The van der Waals surface area contributed by atoms with E-state index in [4.69, 9.17) is 4.74 Å². The Balaban J connectivity index is 1.71. The number of ether oxygens (including phenoxy) is 1. The van der Waals surface area contributed by atoms with Gasteiger partial charge in [-0.2, -0.15) is 4.31 Å². The van der Waals surface area contributed by atoms with Gasteiger partial charge in [0.1, 0.15) is 0 Å². The van der Waals surface area contributed by atoms with Crippen LogP contribution in [0, 0.1) is 5.92 Å². The van der Waals surface area contributed by atoms with Crippen LogP contribution in [0.5, 0.6) is 0 Å². The van der Waals surface area contributed by atoms with Crippen molar-refractivity contribution in [2.45, 2.75) is 37.6 Å². The van der Waals surface area contributed by atoms with Crippen molar-refractivity contribution in [2.24, 2.45) is 5.92 Å². The number of morpholine rings is 1. The lowest BCUT2D eigenvalue weighted by molar-refractivity contribution is -0.122. The predicted molar refractivity (Wildman–Crippen MR) is 121 cm³/mol. The highest BCUT2D eigenvalue weighted by Gasteiger charge is 2.30. The Morgan fingerprint density at radius 3 is 2.56 bits per heavy atom. The quantitative estimate of drug-likeness (QED) is 0.554. The fourth-order valence-corrected chi connectivity index (χ4v) is 5.85. The summed E-state index contributed by atoms with van der Waals surface area (Å²) in [5.74, 6) is -0.183. The number of carbonyl (C=O) groups excluding carboxylic acids is 2. The maximum Gasteiger partial charge on any atom is 0.251 e. The molecule has 0 radical (unpaired) electrons. The lowest BCUT2D eigenvalue weighted by Gasteiger charge is -2.38. The van der Waals surface area contributed by atoms with Crippen molar-refractivity contribution in [3.05, 3.63) is 29.8 Å². The van der Waals surface area contributed by atoms with Crippen molar-refractivity contribution in [1.29, 1.82) is 0 Å².